The Morgan fingerprint density at radius 2 is 1.92 bits per heavy atom. The van der Waals surface area contributed by atoms with Crippen molar-refractivity contribution in [2.24, 2.45) is 0 Å². The van der Waals surface area contributed by atoms with Crippen LogP contribution in [-0.2, 0) is 11.3 Å². The average molecular weight is 327 g/mol. The number of anilines is 1. The second-order valence-electron chi connectivity index (χ2n) is 6.14. The quantitative estimate of drug-likeness (QED) is 0.859. The summed E-state index contributed by atoms with van der Waals surface area (Å²) in [6.07, 6.45) is 0.162. The maximum Gasteiger partial charge on any atom is 0.236 e. The first-order valence-electron chi connectivity index (χ1n) is 8.05. The smallest absolute Gasteiger partial charge is 0.236 e. The van der Waals surface area contributed by atoms with Crippen molar-refractivity contribution in [2.75, 3.05) is 18.0 Å². The number of hydrogen-bond acceptors (Lipinski definition) is 6. The van der Waals surface area contributed by atoms with E-state index in [0.717, 1.165) is 5.75 Å². The van der Waals surface area contributed by atoms with E-state index in [9.17, 15) is 5.26 Å². The normalized spacial score (nSPS) is 20.7. The second-order valence-corrected chi connectivity index (χ2v) is 6.14. The zero-order valence-electron chi connectivity index (χ0n) is 14.2. The monoisotopic (exact) mass is 327 g/mol. The molecule has 2 atom stereocenters. The van der Waals surface area contributed by atoms with Gasteiger partial charge in [0.1, 0.15) is 11.8 Å². The van der Waals surface area contributed by atoms with Crippen LogP contribution in [0.3, 0.4) is 0 Å². The van der Waals surface area contributed by atoms with Gasteiger partial charge >= 0.3 is 0 Å². The molecule has 0 spiro atoms. The predicted octanol–water partition coefficient (Wildman–Crippen LogP) is 3.05. The Balaban J connectivity index is 1.73. The minimum Gasteiger partial charge on any atom is -0.484 e. The topological polar surface area (TPSA) is 71.5 Å². The number of aromatic nitrogens is 1. The lowest BCUT2D eigenvalue weighted by Crippen LogP contribution is -2.45. The molecule has 1 aliphatic rings. The van der Waals surface area contributed by atoms with Crippen LogP contribution in [0.25, 0.3) is 0 Å². The van der Waals surface area contributed by atoms with E-state index in [2.05, 4.69) is 11.1 Å². The molecule has 0 bridgehead atoms. The highest BCUT2D eigenvalue weighted by atomic mass is 16.5. The van der Waals surface area contributed by atoms with Crippen LogP contribution in [0, 0.1) is 18.3 Å². The van der Waals surface area contributed by atoms with Crippen molar-refractivity contribution in [3.63, 3.8) is 0 Å². The van der Waals surface area contributed by atoms with Crippen LogP contribution < -0.4 is 9.64 Å². The van der Waals surface area contributed by atoms with E-state index < -0.39 is 0 Å². The molecule has 6 nitrogen and oxygen atoms in total. The molecule has 3 rings (SSSR count). The molecule has 126 valence electrons. The number of nitrogens with zero attached hydrogens (tertiary/aromatic N) is 3. The van der Waals surface area contributed by atoms with Crippen molar-refractivity contribution in [2.45, 2.75) is 39.6 Å². The summed E-state index contributed by atoms with van der Waals surface area (Å²) in [7, 11) is 0. The summed E-state index contributed by atoms with van der Waals surface area (Å²) in [4.78, 5) is 6.26. The molecule has 0 radical (unpaired) electrons. The highest BCUT2D eigenvalue weighted by Crippen LogP contribution is 2.26. The third-order valence-electron chi connectivity index (χ3n) is 3.85. The molecule has 1 saturated heterocycles. The molecule has 2 unspecified atom stereocenters. The Morgan fingerprint density at radius 1 is 1.25 bits per heavy atom. The average Bonchev–Trinajstić information content (AvgIpc) is 2.97. The maximum absolute atomic E-state index is 9.34. The van der Waals surface area contributed by atoms with Gasteiger partial charge in [-0.2, -0.15) is 10.2 Å². The van der Waals surface area contributed by atoms with E-state index in [4.69, 9.17) is 13.9 Å². The molecule has 0 saturated carbocycles. The van der Waals surface area contributed by atoms with Crippen molar-refractivity contribution >= 4 is 5.88 Å². The number of morpholine rings is 1. The van der Waals surface area contributed by atoms with Crippen molar-refractivity contribution in [3.05, 3.63) is 41.4 Å². The first-order valence-corrected chi connectivity index (χ1v) is 8.05. The number of hydrogen-bond donors (Lipinski definition) is 0. The SMILES string of the molecule is Cc1ccc(OCc2nc(C#N)c(N3CC(C)OC(C)C3)o2)cc1. The van der Waals surface area contributed by atoms with Gasteiger partial charge in [-0.25, -0.2) is 0 Å². The van der Waals surface area contributed by atoms with Crippen LogP contribution in [0.4, 0.5) is 5.88 Å². The van der Waals surface area contributed by atoms with Gasteiger partial charge in [-0.15, -0.1) is 0 Å². The van der Waals surface area contributed by atoms with Gasteiger partial charge in [0.15, 0.2) is 6.61 Å². The molecule has 1 aliphatic heterocycles. The molecule has 1 aromatic carbocycles. The van der Waals surface area contributed by atoms with Crippen LogP contribution in [0.5, 0.6) is 5.75 Å². The Labute approximate surface area is 141 Å². The number of rotatable bonds is 4. The van der Waals surface area contributed by atoms with Gasteiger partial charge in [-0.3, -0.25) is 0 Å². The summed E-state index contributed by atoms with van der Waals surface area (Å²) in [5.41, 5.74) is 1.46. The summed E-state index contributed by atoms with van der Waals surface area (Å²) in [5.74, 6) is 1.64. The summed E-state index contributed by atoms with van der Waals surface area (Å²) < 4.78 is 17.2. The van der Waals surface area contributed by atoms with Crippen LogP contribution in [-0.4, -0.2) is 30.3 Å². The fourth-order valence-electron chi connectivity index (χ4n) is 2.83. The number of nitriles is 1. The van der Waals surface area contributed by atoms with E-state index in [1.807, 2.05) is 49.9 Å². The van der Waals surface area contributed by atoms with Gasteiger partial charge in [0.05, 0.1) is 12.2 Å². The van der Waals surface area contributed by atoms with Crippen molar-refractivity contribution < 1.29 is 13.9 Å². The van der Waals surface area contributed by atoms with E-state index in [1.165, 1.54) is 5.56 Å². The highest BCUT2D eigenvalue weighted by Gasteiger charge is 2.27. The minimum absolute atomic E-state index is 0.0812. The first-order chi connectivity index (χ1) is 11.5. The van der Waals surface area contributed by atoms with Crippen molar-refractivity contribution in [1.82, 2.24) is 4.98 Å². The van der Waals surface area contributed by atoms with Crippen LogP contribution in [0.1, 0.15) is 31.0 Å². The fourth-order valence-corrected chi connectivity index (χ4v) is 2.83. The molecule has 1 fully saturated rings. The standard InChI is InChI=1S/C18H21N3O3/c1-12-4-6-15(7-5-12)22-11-17-20-16(8-19)18(24-17)21-9-13(2)23-14(3)10-21/h4-7,13-14H,9-11H2,1-3H3. The van der Waals surface area contributed by atoms with Gasteiger partial charge in [0.2, 0.25) is 17.5 Å². The second kappa shape index (κ2) is 6.93. The highest BCUT2D eigenvalue weighted by molar-refractivity contribution is 5.48. The van der Waals surface area contributed by atoms with Crippen molar-refractivity contribution in [3.8, 4) is 11.8 Å². The number of aryl methyl sites for hydroxylation is 1. The zero-order chi connectivity index (χ0) is 17.1. The largest absolute Gasteiger partial charge is 0.484 e. The number of benzene rings is 1. The first kappa shape index (κ1) is 16.3. The number of oxazole rings is 1. The summed E-state index contributed by atoms with van der Waals surface area (Å²) in [6, 6.07) is 9.86. The van der Waals surface area contributed by atoms with Crippen LogP contribution in [0.15, 0.2) is 28.7 Å². The lowest BCUT2D eigenvalue weighted by Gasteiger charge is -2.34. The molecule has 2 heterocycles. The Kier molecular flexibility index (Phi) is 4.72. The molecule has 0 aliphatic carbocycles. The minimum atomic E-state index is 0.0812. The fraction of sp³-hybridized carbons (Fsp3) is 0.444. The Hall–Kier alpha value is -2.52. The van der Waals surface area contributed by atoms with Gasteiger partial charge in [0.25, 0.3) is 0 Å². The molecule has 24 heavy (non-hydrogen) atoms. The predicted molar refractivity (Wildman–Crippen MR) is 89.0 cm³/mol. The third-order valence-corrected chi connectivity index (χ3v) is 3.85. The van der Waals surface area contributed by atoms with Gasteiger partial charge in [-0.05, 0) is 32.9 Å². The van der Waals surface area contributed by atoms with E-state index in [0.29, 0.717) is 30.6 Å². The van der Waals surface area contributed by atoms with Crippen molar-refractivity contribution in [1.29, 1.82) is 5.26 Å². The Bertz CT molecular complexity index is 723. The molecule has 1 aromatic heterocycles. The lowest BCUT2D eigenvalue weighted by atomic mass is 10.2. The molecule has 6 heteroatoms. The molecule has 0 amide bonds. The third kappa shape index (κ3) is 3.69. The zero-order valence-corrected chi connectivity index (χ0v) is 14.2. The molecule has 0 N–H and O–H groups in total. The van der Waals surface area contributed by atoms with E-state index >= 15 is 0 Å². The van der Waals surface area contributed by atoms with Gasteiger partial charge in [0, 0.05) is 13.1 Å². The van der Waals surface area contributed by atoms with Gasteiger partial charge < -0.3 is 18.8 Å². The summed E-state index contributed by atoms with van der Waals surface area (Å²) in [5, 5.41) is 9.34. The summed E-state index contributed by atoms with van der Waals surface area (Å²) in [6.45, 7) is 7.57. The lowest BCUT2D eigenvalue weighted by molar-refractivity contribution is -0.00651. The van der Waals surface area contributed by atoms with Crippen LogP contribution >= 0.6 is 0 Å². The Morgan fingerprint density at radius 3 is 2.54 bits per heavy atom. The van der Waals surface area contributed by atoms with E-state index in [1.54, 1.807) is 0 Å². The molecule has 2 aromatic rings. The number of ether oxygens (including phenoxy) is 2. The molecular weight excluding hydrogens is 306 g/mol. The summed E-state index contributed by atoms with van der Waals surface area (Å²) >= 11 is 0. The van der Waals surface area contributed by atoms with Crippen LogP contribution in [0.2, 0.25) is 0 Å². The van der Waals surface area contributed by atoms with E-state index in [-0.39, 0.29) is 18.8 Å². The van der Waals surface area contributed by atoms with Gasteiger partial charge in [-0.1, -0.05) is 17.7 Å². The maximum atomic E-state index is 9.34. The molecular formula is C18H21N3O3.